The van der Waals surface area contributed by atoms with Crippen molar-refractivity contribution in [3.63, 3.8) is 0 Å². The highest BCUT2D eigenvalue weighted by Crippen LogP contribution is 2.46. The summed E-state index contributed by atoms with van der Waals surface area (Å²) in [5.74, 6) is -1.37. The highest BCUT2D eigenvalue weighted by atomic mass is 35.5. The third kappa shape index (κ3) is 7.24. The molecule has 6 aromatic rings. The van der Waals surface area contributed by atoms with Gasteiger partial charge in [-0.3, -0.25) is 18.2 Å². The van der Waals surface area contributed by atoms with Crippen LogP contribution in [0.3, 0.4) is 0 Å². The fourth-order valence-electron chi connectivity index (χ4n) is 8.79. The number of para-hydroxylation sites is 3. The molecule has 0 fully saturated rings. The molecular formula is C48H40Cl2N4O6S2. The number of fused-ring (bicyclic) bond motifs is 3. The first-order valence-electron chi connectivity index (χ1n) is 20.1. The number of halogens is 2. The Kier molecular flexibility index (Phi) is 11.0. The Morgan fingerprint density at radius 1 is 0.661 bits per heavy atom. The Balaban J connectivity index is 1.12. The molecule has 62 heavy (non-hydrogen) atoms. The van der Waals surface area contributed by atoms with Crippen molar-refractivity contribution in [2.45, 2.75) is 35.0 Å². The van der Waals surface area contributed by atoms with Gasteiger partial charge in [0, 0.05) is 47.5 Å². The predicted octanol–water partition coefficient (Wildman–Crippen LogP) is 9.51. The first-order chi connectivity index (χ1) is 29.9. The molecule has 0 spiro atoms. The van der Waals surface area contributed by atoms with E-state index in [1.165, 1.54) is 39.0 Å². The second kappa shape index (κ2) is 16.4. The molecule has 6 aromatic carbocycles. The summed E-state index contributed by atoms with van der Waals surface area (Å²) < 4.78 is 61.4. The van der Waals surface area contributed by atoms with Crippen LogP contribution in [0.25, 0.3) is 0 Å². The molecule has 0 radical (unpaired) electrons. The van der Waals surface area contributed by atoms with E-state index in [0.29, 0.717) is 53.5 Å². The van der Waals surface area contributed by atoms with Gasteiger partial charge in [-0.05, 0) is 114 Å². The van der Waals surface area contributed by atoms with Crippen LogP contribution in [-0.2, 0) is 32.9 Å². The zero-order valence-corrected chi connectivity index (χ0v) is 36.5. The van der Waals surface area contributed by atoms with Gasteiger partial charge < -0.3 is 9.80 Å². The van der Waals surface area contributed by atoms with Crippen molar-refractivity contribution in [3.05, 3.63) is 190 Å². The number of hydrogen-bond acceptors (Lipinski definition) is 6. The number of benzene rings is 6. The average Bonchev–Trinajstić information content (AvgIpc) is 3.93. The molecule has 3 aliphatic rings. The molecule has 1 unspecified atom stereocenters. The Morgan fingerprint density at radius 3 is 1.94 bits per heavy atom. The fourth-order valence-corrected chi connectivity index (χ4v) is 12.3. The van der Waals surface area contributed by atoms with Crippen molar-refractivity contribution in [2.24, 2.45) is 0 Å². The minimum atomic E-state index is -4.38. The van der Waals surface area contributed by atoms with E-state index >= 15 is 0 Å². The summed E-state index contributed by atoms with van der Waals surface area (Å²) >= 11 is 13.5. The lowest BCUT2D eigenvalue weighted by molar-refractivity contribution is 0.0981. The van der Waals surface area contributed by atoms with Crippen LogP contribution < -0.4 is 18.4 Å². The third-order valence-corrected chi connectivity index (χ3v) is 16.1. The lowest BCUT2D eigenvalue weighted by Crippen LogP contribution is -2.37. The quantitative estimate of drug-likeness (QED) is 0.127. The molecule has 9 rings (SSSR count). The molecule has 0 aromatic heterocycles. The topological polar surface area (TPSA) is 115 Å². The molecule has 0 aliphatic carbocycles. The average molecular weight is 904 g/mol. The van der Waals surface area contributed by atoms with Crippen LogP contribution in [0.15, 0.2) is 156 Å². The van der Waals surface area contributed by atoms with Crippen molar-refractivity contribution < 1.29 is 26.4 Å². The van der Waals surface area contributed by atoms with Crippen molar-refractivity contribution in [1.29, 1.82) is 0 Å². The minimum absolute atomic E-state index is 0.00347. The molecule has 0 saturated carbocycles. The lowest BCUT2D eigenvalue weighted by Gasteiger charge is -2.36. The van der Waals surface area contributed by atoms with Gasteiger partial charge in [-0.1, -0.05) is 89.9 Å². The van der Waals surface area contributed by atoms with Crippen molar-refractivity contribution in [2.75, 3.05) is 44.6 Å². The highest BCUT2D eigenvalue weighted by molar-refractivity contribution is 7.93. The van der Waals surface area contributed by atoms with Crippen LogP contribution in [-0.4, -0.2) is 54.8 Å². The molecule has 0 N–H and O–H groups in total. The number of nitrogens with zero attached hydrogens (tertiary/aromatic N) is 4. The number of carbonyl (C=O) groups is 2. The highest BCUT2D eigenvalue weighted by Gasteiger charge is 2.38. The van der Waals surface area contributed by atoms with Gasteiger partial charge in [0.05, 0.1) is 38.3 Å². The predicted molar refractivity (Wildman–Crippen MR) is 245 cm³/mol. The van der Waals surface area contributed by atoms with E-state index in [0.717, 1.165) is 22.5 Å². The maximum Gasteiger partial charge on any atom is 0.264 e. The van der Waals surface area contributed by atoms with Gasteiger partial charge in [-0.2, -0.15) is 0 Å². The number of hydrogen-bond donors (Lipinski definition) is 0. The first kappa shape index (κ1) is 41.4. The van der Waals surface area contributed by atoms with Gasteiger partial charge in [0.25, 0.3) is 31.9 Å². The SMILES string of the molecule is C=CCN(c1ccc(Cl)cc1)S(=O)(=O)c1cc(C(=O)N2CCc3ccccc32)c(Cl)c(C2CCN(S(=O)(=O)c3cccc(C(=O)N4CCc5ccccc54)c3)c3ccccc32)c1. The van der Waals surface area contributed by atoms with E-state index < -0.39 is 31.9 Å². The molecule has 3 heterocycles. The normalized spacial score (nSPS) is 15.8. The summed E-state index contributed by atoms with van der Waals surface area (Å²) in [4.78, 5) is 31.5. The van der Waals surface area contributed by atoms with Gasteiger partial charge in [0.2, 0.25) is 0 Å². The van der Waals surface area contributed by atoms with Gasteiger partial charge >= 0.3 is 0 Å². The zero-order valence-electron chi connectivity index (χ0n) is 33.3. The summed E-state index contributed by atoms with van der Waals surface area (Å²) in [5, 5.41) is 0.504. The Labute approximate surface area is 371 Å². The number of amides is 2. The van der Waals surface area contributed by atoms with E-state index in [2.05, 4.69) is 6.58 Å². The maximum absolute atomic E-state index is 14.8. The Morgan fingerprint density at radius 2 is 1.27 bits per heavy atom. The van der Waals surface area contributed by atoms with Gasteiger partial charge in [-0.15, -0.1) is 6.58 Å². The fraction of sp³-hybridized carbons (Fsp3) is 0.167. The zero-order chi connectivity index (χ0) is 43.3. The number of anilines is 4. The molecule has 10 nitrogen and oxygen atoms in total. The second-order valence-corrected chi connectivity index (χ2v) is 19.9. The van der Waals surface area contributed by atoms with E-state index in [-0.39, 0.29) is 51.4 Å². The maximum atomic E-state index is 14.8. The van der Waals surface area contributed by atoms with Gasteiger partial charge in [0.15, 0.2) is 0 Å². The van der Waals surface area contributed by atoms with Gasteiger partial charge in [-0.25, -0.2) is 16.8 Å². The molecule has 0 bridgehead atoms. The van der Waals surface area contributed by atoms with E-state index in [9.17, 15) is 26.4 Å². The largest absolute Gasteiger partial charge is 0.308 e. The van der Waals surface area contributed by atoms with E-state index in [4.69, 9.17) is 23.2 Å². The van der Waals surface area contributed by atoms with Crippen LogP contribution in [0.5, 0.6) is 0 Å². The summed E-state index contributed by atoms with van der Waals surface area (Å²) in [7, 11) is -8.60. The molecule has 3 aliphatic heterocycles. The summed E-state index contributed by atoms with van der Waals surface area (Å²) in [6, 6.07) is 37.5. The first-order valence-corrected chi connectivity index (χ1v) is 23.8. The summed E-state index contributed by atoms with van der Waals surface area (Å²) in [5.41, 5.74) is 5.47. The second-order valence-electron chi connectivity index (χ2n) is 15.4. The third-order valence-electron chi connectivity index (χ3n) is 11.8. The molecule has 2 amide bonds. The van der Waals surface area contributed by atoms with Crippen LogP contribution in [0.4, 0.5) is 22.7 Å². The molecule has 314 valence electrons. The van der Waals surface area contributed by atoms with E-state index in [1.54, 1.807) is 70.5 Å². The number of sulfonamides is 2. The summed E-state index contributed by atoms with van der Waals surface area (Å²) in [6.07, 6.45) is 3.00. The van der Waals surface area contributed by atoms with Crippen molar-refractivity contribution >= 4 is 77.8 Å². The molecule has 14 heteroatoms. The Bertz CT molecular complexity index is 3020. The van der Waals surface area contributed by atoms with Crippen LogP contribution in [0, 0.1) is 0 Å². The standard InChI is InChI=1S/C48H40Cl2N4O6S2/c1-2-25-53(36-20-18-35(49)19-21-36)62(59,60)38-30-41(46(50)42(31-38)48(56)52-27-23-33-11-4-7-16-44(33)52)39-24-28-54(45-17-8-5-14-40(39)45)61(57,58)37-13-9-12-34(29-37)47(55)51-26-22-32-10-3-6-15-43(32)51/h2-21,29-31,39H,1,22-28H2. The van der Waals surface area contributed by atoms with E-state index in [1.807, 2.05) is 48.5 Å². The lowest BCUT2D eigenvalue weighted by atomic mass is 9.84. The minimum Gasteiger partial charge on any atom is -0.308 e. The number of rotatable bonds is 10. The van der Waals surface area contributed by atoms with Crippen molar-refractivity contribution in [3.8, 4) is 0 Å². The number of carbonyl (C=O) groups excluding carboxylic acids is 2. The smallest absolute Gasteiger partial charge is 0.264 e. The monoisotopic (exact) mass is 902 g/mol. The van der Waals surface area contributed by atoms with Crippen LogP contribution in [0.1, 0.15) is 55.3 Å². The Hall–Kier alpha value is -5.92. The van der Waals surface area contributed by atoms with Crippen molar-refractivity contribution in [1.82, 2.24) is 0 Å². The molecular weight excluding hydrogens is 864 g/mol. The molecule has 0 saturated heterocycles. The van der Waals surface area contributed by atoms with Gasteiger partial charge in [0.1, 0.15) is 0 Å². The van der Waals surface area contributed by atoms with Crippen LogP contribution in [0.2, 0.25) is 10.0 Å². The molecule has 1 atom stereocenters. The summed E-state index contributed by atoms with van der Waals surface area (Å²) in [6.45, 7) is 4.59. The van der Waals surface area contributed by atoms with Crippen LogP contribution >= 0.6 is 23.2 Å².